The predicted molar refractivity (Wildman–Crippen MR) is 57.7 cm³/mol. The highest BCUT2D eigenvalue weighted by atomic mass is 16.5. The normalized spacial score (nSPS) is 22.1. The molecule has 0 bridgehead atoms. The van der Waals surface area contributed by atoms with Gasteiger partial charge in [-0.3, -0.25) is 14.5 Å². The van der Waals surface area contributed by atoms with Gasteiger partial charge in [0.25, 0.3) is 11.8 Å². The van der Waals surface area contributed by atoms with Crippen LogP contribution in [0.25, 0.3) is 0 Å². The molecule has 2 amide bonds. The second kappa shape index (κ2) is 5.23. The lowest BCUT2D eigenvalue weighted by atomic mass is 10.1. The maximum absolute atomic E-state index is 11.2. The Balaban J connectivity index is 1.67. The zero-order chi connectivity index (χ0) is 11.4. The Morgan fingerprint density at radius 1 is 1.25 bits per heavy atom. The Labute approximate surface area is 94.4 Å². The van der Waals surface area contributed by atoms with Crippen molar-refractivity contribution in [2.45, 2.75) is 18.9 Å². The van der Waals surface area contributed by atoms with E-state index in [9.17, 15) is 9.59 Å². The second-order valence-corrected chi connectivity index (χ2v) is 3.98. The Hall–Kier alpha value is -1.20. The molecule has 0 atom stereocenters. The first-order valence-electron chi connectivity index (χ1n) is 5.63. The van der Waals surface area contributed by atoms with Crippen molar-refractivity contribution in [3.05, 3.63) is 12.2 Å². The summed E-state index contributed by atoms with van der Waals surface area (Å²) in [5.74, 6) is -0.474. The number of carbonyl (C=O) groups is 2. The Morgan fingerprint density at radius 2 is 1.88 bits per heavy atom. The van der Waals surface area contributed by atoms with Gasteiger partial charge in [0.1, 0.15) is 0 Å². The summed E-state index contributed by atoms with van der Waals surface area (Å²) in [7, 11) is 0. The number of rotatable bonds is 4. The number of amides is 2. The third-order valence-corrected chi connectivity index (χ3v) is 2.86. The summed E-state index contributed by atoms with van der Waals surface area (Å²) in [6.07, 6.45) is 4.86. The van der Waals surface area contributed by atoms with Gasteiger partial charge in [-0.05, 0) is 25.9 Å². The Kier molecular flexibility index (Phi) is 3.69. The Bertz CT molecular complexity index is 290. The number of imide groups is 1. The van der Waals surface area contributed by atoms with Gasteiger partial charge in [0.2, 0.25) is 0 Å². The quantitative estimate of drug-likeness (QED) is 0.665. The van der Waals surface area contributed by atoms with Crippen molar-refractivity contribution in [3.63, 3.8) is 0 Å². The fraction of sp³-hybridized carbons (Fsp3) is 0.636. The van der Waals surface area contributed by atoms with Gasteiger partial charge in [-0.1, -0.05) is 0 Å². The van der Waals surface area contributed by atoms with Crippen molar-refractivity contribution in [2.24, 2.45) is 0 Å². The van der Waals surface area contributed by atoms with E-state index in [0.29, 0.717) is 13.2 Å². The monoisotopic (exact) mass is 224 g/mol. The average molecular weight is 224 g/mol. The van der Waals surface area contributed by atoms with Crippen LogP contribution in [-0.4, -0.2) is 49.1 Å². The zero-order valence-electron chi connectivity index (χ0n) is 9.15. The van der Waals surface area contributed by atoms with Gasteiger partial charge < -0.3 is 10.1 Å². The fourth-order valence-corrected chi connectivity index (χ4v) is 1.92. The zero-order valence-corrected chi connectivity index (χ0v) is 9.15. The topological polar surface area (TPSA) is 58.6 Å². The summed E-state index contributed by atoms with van der Waals surface area (Å²) in [5, 5.41) is 3.25. The van der Waals surface area contributed by atoms with E-state index in [0.717, 1.165) is 25.9 Å². The van der Waals surface area contributed by atoms with Crippen LogP contribution in [-0.2, 0) is 14.3 Å². The van der Waals surface area contributed by atoms with Crippen LogP contribution in [0, 0.1) is 0 Å². The summed E-state index contributed by atoms with van der Waals surface area (Å²) in [6, 6.07) is 0. The van der Waals surface area contributed by atoms with Crippen molar-refractivity contribution in [1.82, 2.24) is 10.2 Å². The lowest BCUT2D eigenvalue weighted by Gasteiger charge is -2.24. The highest BCUT2D eigenvalue weighted by Gasteiger charge is 2.23. The minimum atomic E-state index is -0.237. The SMILES string of the molecule is O=C1C=CC(=O)N1CCOC1CCNCC1. The number of piperidine rings is 1. The molecular weight excluding hydrogens is 208 g/mol. The molecule has 5 heteroatoms. The van der Waals surface area contributed by atoms with E-state index in [4.69, 9.17) is 4.74 Å². The van der Waals surface area contributed by atoms with Crippen molar-refractivity contribution >= 4 is 11.8 Å². The van der Waals surface area contributed by atoms with Gasteiger partial charge in [0.15, 0.2) is 0 Å². The van der Waals surface area contributed by atoms with E-state index in [2.05, 4.69) is 5.32 Å². The molecule has 0 saturated carbocycles. The summed E-state index contributed by atoms with van der Waals surface area (Å²) in [6.45, 7) is 2.75. The first-order chi connectivity index (χ1) is 7.77. The molecule has 2 aliphatic rings. The van der Waals surface area contributed by atoms with Crippen molar-refractivity contribution in [3.8, 4) is 0 Å². The van der Waals surface area contributed by atoms with Crippen LogP contribution in [0.3, 0.4) is 0 Å². The van der Waals surface area contributed by atoms with E-state index in [1.807, 2.05) is 0 Å². The number of nitrogens with one attached hydrogen (secondary N) is 1. The number of ether oxygens (including phenoxy) is 1. The molecule has 2 rings (SSSR count). The minimum Gasteiger partial charge on any atom is -0.376 e. The number of hydrogen-bond donors (Lipinski definition) is 1. The lowest BCUT2D eigenvalue weighted by molar-refractivity contribution is -0.138. The number of nitrogens with zero attached hydrogens (tertiary/aromatic N) is 1. The van der Waals surface area contributed by atoms with Crippen LogP contribution in [0.5, 0.6) is 0 Å². The highest BCUT2D eigenvalue weighted by molar-refractivity contribution is 6.12. The molecule has 1 saturated heterocycles. The van der Waals surface area contributed by atoms with Gasteiger partial charge in [-0.25, -0.2) is 0 Å². The van der Waals surface area contributed by atoms with Gasteiger partial charge in [0, 0.05) is 12.2 Å². The lowest BCUT2D eigenvalue weighted by Crippen LogP contribution is -2.36. The van der Waals surface area contributed by atoms with Crippen molar-refractivity contribution in [1.29, 1.82) is 0 Å². The molecule has 0 unspecified atom stereocenters. The first-order valence-corrected chi connectivity index (χ1v) is 5.63. The smallest absolute Gasteiger partial charge is 0.253 e. The van der Waals surface area contributed by atoms with E-state index in [-0.39, 0.29) is 17.9 Å². The highest BCUT2D eigenvalue weighted by Crippen LogP contribution is 2.08. The van der Waals surface area contributed by atoms with E-state index >= 15 is 0 Å². The maximum atomic E-state index is 11.2. The van der Waals surface area contributed by atoms with Crippen LogP contribution in [0.15, 0.2) is 12.2 Å². The molecule has 1 fully saturated rings. The van der Waals surface area contributed by atoms with E-state index in [1.54, 1.807) is 0 Å². The van der Waals surface area contributed by atoms with Crippen LogP contribution < -0.4 is 5.32 Å². The van der Waals surface area contributed by atoms with Crippen molar-refractivity contribution in [2.75, 3.05) is 26.2 Å². The summed E-state index contributed by atoms with van der Waals surface area (Å²) in [4.78, 5) is 23.6. The minimum absolute atomic E-state index is 0.237. The van der Waals surface area contributed by atoms with Crippen LogP contribution in [0.4, 0.5) is 0 Å². The van der Waals surface area contributed by atoms with E-state index in [1.165, 1.54) is 17.1 Å². The van der Waals surface area contributed by atoms with Gasteiger partial charge in [-0.2, -0.15) is 0 Å². The molecule has 16 heavy (non-hydrogen) atoms. The van der Waals surface area contributed by atoms with Crippen LogP contribution in [0.2, 0.25) is 0 Å². The number of carbonyl (C=O) groups excluding carboxylic acids is 2. The molecule has 2 aliphatic heterocycles. The second-order valence-electron chi connectivity index (χ2n) is 3.98. The molecule has 2 heterocycles. The molecule has 5 nitrogen and oxygen atoms in total. The Morgan fingerprint density at radius 3 is 2.50 bits per heavy atom. The third-order valence-electron chi connectivity index (χ3n) is 2.86. The molecule has 0 spiro atoms. The standard InChI is InChI=1S/C11H16N2O3/c14-10-1-2-11(15)13(10)7-8-16-9-3-5-12-6-4-9/h1-2,9,12H,3-8H2. The summed E-state index contributed by atoms with van der Waals surface area (Å²) < 4.78 is 5.63. The molecule has 0 radical (unpaired) electrons. The molecule has 1 N–H and O–H groups in total. The predicted octanol–water partition coefficient (Wildman–Crippen LogP) is -0.320. The summed E-state index contributed by atoms with van der Waals surface area (Å²) in [5.41, 5.74) is 0. The van der Waals surface area contributed by atoms with Gasteiger partial charge in [-0.15, -0.1) is 0 Å². The van der Waals surface area contributed by atoms with Crippen molar-refractivity contribution < 1.29 is 14.3 Å². The van der Waals surface area contributed by atoms with E-state index < -0.39 is 0 Å². The molecule has 0 aromatic heterocycles. The van der Waals surface area contributed by atoms with Gasteiger partial charge >= 0.3 is 0 Å². The van der Waals surface area contributed by atoms with Crippen LogP contribution in [0.1, 0.15) is 12.8 Å². The molecule has 0 aromatic carbocycles. The van der Waals surface area contributed by atoms with Gasteiger partial charge in [0.05, 0.1) is 19.3 Å². The first kappa shape index (κ1) is 11.3. The largest absolute Gasteiger partial charge is 0.376 e. The molecule has 0 aromatic rings. The maximum Gasteiger partial charge on any atom is 0.253 e. The third kappa shape index (κ3) is 2.68. The molecule has 0 aliphatic carbocycles. The molecular formula is C11H16N2O3. The molecule has 88 valence electrons. The fourth-order valence-electron chi connectivity index (χ4n) is 1.92. The average Bonchev–Trinajstić information content (AvgIpc) is 2.62. The summed E-state index contributed by atoms with van der Waals surface area (Å²) >= 11 is 0. The number of hydrogen-bond acceptors (Lipinski definition) is 4. The van der Waals surface area contributed by atoms with Crippen LogP contribution >= 0.6 is 0 Å².